The van der Waals surface area contributed by atoms with E-state index >= 15 is 0 Å². The Balaban J connectivity index is 1.97. The number of ether oxygens (including phenoxy) is 1. The molecule has 0 fully saturated rings. The van der Waals surface area contributed by atoms with Gasteiger partial charge in [-0.15, -0.1) is 0 Å². The maximum Gasteiger partial charge on any atom is 0.144 e. The molecule has 1 aromatic heterocycles. The van der Waals surface area contributed by atoms with Crippen LogP contribution in [0, 0.1) is 13.8 Å². The Morgan fingerprint density at radius 3 is 2.46 bits per heavy atom. The molecule has 24 heavy (non-hydrogen) atoms. The summed E-state index contributed by atoms with van der Waals surface area (Å²) in [7, 11) is 1.65. The van der Waals surface area contributed by atoms with Crippen LogP contribution in [0.3, 0.4) is 0 Å². The van der Waals surface area contributed by atoms with E-state index in [1.165, 1.54) is 0 Å². The standard InChI is InChI=1S/C20H19ClN2O/c1-14-12-16(13-22-19-6-4-5-7-20(19)24-3)15(2)23(14)18-10-8-17(21)9-11-18/h4-13H,1-3H3. The molecule has 0 amide bonds. The van der Waals surface area contributed by atoms with Gasteiger partial charge in [-0.25, -0.2) is 0 Å². The number of rotatable bonds is 4. The molecule has 0 radical (unpaired) electrons. The zero-order valence-electron chi connectivity index (χ0n) is 14.0. The van der Waals surface area contributed by atoms with E-state index in [4.69, 9.17) is 16.3 Å². The van der Waals surface area contributed by atoms with Crippen LogP contribution in [0.4, 0.5) is 5.69 Å². The third-order valence-electron chi connectivity index (χ3n) is 3.98. The minimum atomic E-state index is 0.735. The van der Waals surface area contributed by atoms with E-state index in [9.17, 15) is 0 Å². The second-order valence-electron chi connectivity index (χ2n) is 5.57. The molecule has 0 saturated carbocycles. The molecule has 0 bridgehead atoms. The van der Waals surface area contributed by atoms with Crippen LogP contribution in [0.5, 0.6) is 5.75 Å². The van der Waals surface area contributed by atoms with Crippen LogP contribution in [0.2, 0.25) is 5.02 Å². The highest BCUT2D eigenvalue weighted by molar-refractivity contribution is 6.30. The van der Waals surface area contributed by atoms with E-state index in [-0.39, 0.29) is 0 Å². The molecule has 3 nitrogen and oxygen atoms in total. The fourth-order valence-corrected chi connectivity index (χ4v) is 2.91. The van der Waals surface area contributed by atoms with Gasteiger partial charge in [-0.3, -0.25) is 4.99 Å². The number of nitrogens with zero attached hydrogens (tertiary/aromatic N) is 2. The first-order chi connectivity index (χ1) is 11.6. The molecule has 0 saturated heterocycles. The van der Waals surface area contributed by atoms with Crippen LogP contribution in [-0.4, -0.2) is 17.9 Å². The number of benzene rings is 2. The first kappa shape index (κ1) is 16.3. The third kappa shape index (κ3) is 3.22. The molecule has 2 aromatic carbocycles. The van der Waals surface area contributed by atoms with Crippen molar-refractivity contribution in [3.05, 3.63) is 76.6 Å². The van der Waals surface area contributed by atoms with Crippen LogP contribution in [0.15, 0.2) is 59.6 Å². The minimum Gasteiger partial charge on any atom is -0.494 e. The number of methoxy groups -OCH3 is 1. The summed E-state index contributed by atoms with van der Waals surface area (Å²) in [6.45, 7) is 4.17. The van der Waals surface area contributed by atoms with Gasteiger partial charge in [-0.1, -0.05) is 23.7 Å². The van der Waals surface area contributed by atoms with E-state index < -0.39 is 0 Å². The average molecular weight is 339 g/mol. The highest BCUT2D eigenvalue weighted by Crippen LogP contribution is 2.27. The van der Waals surface area contributed by atoms with E-state index in [2.05, 4.69) is 29.5 Å². The maximum absolute atomic E-state index is 5.99. The van der Waals surface area contributed by atoms with Crippen LogP contribution >= 0.6 is 11.6 Å². The molecule has 0 spiro atoms. The summed E-state index contributed by atoms with van der Waals surface area (Å²) in [4.78, 5) is 4.59. The number of hydrogen-bond acceptors (Lipinski definition) is 2. The van der Waals surface area contributed by atoms with Crippen molar-refractivity contribution in [3.63, 3.8) is 0 Å². The summed E-state index contributed by atoms with van der Waals surface area (Å²) in [6.07, 6.45) is 1.88. The third-order valence-corrected chi connectivity index (χ3v) is 4.23. The van der Waals surface area contributed by atoms with Crippen LogP contribution in [0.25, 0.3) is 5.69 Å². The number of hydrogen-bond donors (Lipinski definition) is 0. The van der Waals surface area contributed by atoms with E-state index in [1.54, 1.807) is 7.11 Å². The maximum atomic E-state index is 5.99. The van der Waals surface area contributed by atoms with Crippen molar-refractivity contribution in [2.45, 2.75) is 13.8 Å². The molecule has 3 rings (SSSR count). The van der Waals surface area contributed by atoms with Gasteiger partial charge in [0.15, 0.2) is 0 Å². The molecule has 4 heteroatoms. The van der Waals surface area contributed by atoms with Crippen molar-refractivity contribution >= 4 is 23.5 Å². The van der Waals surface area contributed by atoms with E-state index in [0.29, 0.717) is 0 Å². The fourth-order valence-electron chi connectivity index (χ4n) is 2.78. The number of aryl methyl sites for hydroxylation is 1. The highest BCUT2D eigenvalue weighted by Gasteiger charge is 2.09. The summed E-state index contributed by atoms with van der Waals surface area (Å²) in [6, 6.07) is 17.7. The Labute approximate surface area is 147 Å². The van der Waals surface area contributed by atoms with Gasteiger partial charge in [0.1, 0.15) is 11.4 Å². The minimum absolute atomic E-state index is 0.735. The summed E-state index contributed by atoms with van der Waals surface area (Å²) in [5.74, 6) is 0.764. The van der Waals surface area contributed by atoms with Crippen molar-refractivity contribution in [1.82, 2.24) is 4.57 Å². The second-order valence-corrected chi connectivity index (χ2v) is 6.00. The molecular weight excluding hydrogens is 320 g/mol. The topological polar surface area (TPSA) is 26.5 Å². The van der Waals surface area contributed by atoms with E-state index in [0.717, 1.165) is 39.1 Å². The molecule has 0 aliphatic heterocycles. The summed E-state index contributed by atoms with van der Waals surface area (Å²) >= 11 is 5.99. The summed E-state index contributed by atoms with van der Waals surface area (Å²) < 4.78 is 7.54. The fraction of sp³-hybridized carbons (Fsp3) is 0.150. The Morgan fingerprint density at radius 2 is 1.75 bits per heavy atom. The normalized spacial score (nSPS) is 11.2. The Bertz CT molecular complexity index is 879. The summed E-state index contributed by atoms with van der Waals surface area (Å²) in [5.41, 5.74) is 5.26. The van der Waals surface area contributed by atoms with Crippen LogP contribution in [0.1, 0.15) is 17.0 Å². The van der Waals surface area contributed by atoms with Gasteiger partial charge in [-0.05, 0) is 56.3 Å². The van der Waals surface area contributed by atoms with Gasteiger partial charge in [-0.2, -0.15) is 0 Å². The predicted molar refractivity (Wildman–Crippen MR) is 101 cm³/mol. The van der Waals surface area contributed by atoms with Crippen LogP contribution in [-0.2, 0) is 0 Å². The zero-order chi connectivity index (χ0) is 17.1. The van der Waals surface area contributed by atoms with Gasteiger partial charge in [0, 0.05) is 33.9 Å². The molecule has 0 aliphatic rings. The zero-order valence-corrected chi connectivity index (χ0v) is 14.7. The second kappa shape index (κ2) is 6.93. The monoisotopic (exact) mass is 338 g/mol. The van der Waals surface area contributed by atoms with E-state index in [1.807, 2.05) is 54.7 Å². The number of halogens is 1. The molecule has 0 aliphatic carbocycles. The van der Waals surface area contributed by atoms with Crippen molar-refractivity contribution in [3.8, 4) is 11.4 Å². The lowest BCUT2D eigenvalue weighted by Gasteiger charge is -2.09. The van der Waals surface area contributed by atoms with Gasteiger partial charge < -0.3 is 9.30 Å². The molecule has 0 unspecified atom stereocenters. The lowest BCUT2D eigenvalue weighted by Crippen LogP contribution is -1.99. The van der Waals surface area contributed by atoms with Crippen molar-refractivity contribution in [2.75, 3.05) is 7.11 Å². The summed E-state index contributed by atoms with van der Waals surface area (Å²) in [5, 5.41) is 0.735. The Morgan fingerprint density at radius 1 is 1.04 bits per heavy atom. The molecular formula is C20H19ClN2O. The number of para-hydroxylation sites is 2. The quantitative estimate of drug-likeness (QED) is 0.576. The lowest BCUT2D eigenvalue weighted by atomic mass is 10.2. The molecule has 1 heterocycles. The molecule has 3 aromatic rings. The van der Waals surface area contributed by atoms with Crippen molar-refractivity contribution in [2.24, 2.45) is 4.99 Å². The molecule has 122 valence electrons. The first-order valence-electron chi connectivity index (χ1n) is 7.72. The SMILES string of the molecule is COc1ccccc1N=Cc1cc(C)n(-c2ccc(Cl)cc2)c1C. The molecule has 0 atom stereocenters. The van der Waals surface area contributed by atoms with Crippen LogP contribution < -0.4 is 4.74 Å². The van der Waals surface area contributed by atoms with Gasteiger partial charge >= 0.3 is 0 Å². The smallest absolute Gasteiger partial charge is 0.144 e. The van der Waals surface area contributed by atoms with Gasteiger partial charge in [0.25, 0.3) is 0 Å². The number of aliphatic imine (C=N–C) groups is 1. The first-order valence-corrected chi connectivity index (χ1v) is 8.10. The Kier molecular flexibility index (Phi) is 4.72. The van der Waals surface area contributed by atoms with Crippen molar-refractivity contribution < 1.29 is 4.74 Å². The average Bonchev–Trinajstić information content (AvgIpc) is 2.88. The van der Waals surface area contributed by atoms with Gasteiger partial charge in [0.05, 0.1) is 7.11 Å². The lowest BCUT2D eigenvalue weighted by molar-refractivity contribution is 0.416. The van der Waals surface area contributed by atoms with Gasteiger partial charge in [0.2, 0.25) is 0 Å². The number of aromatic nitrogens is 1. The predicted octanol–water partition coefficient (Wildman–Crippen LogP) is 5.51. The highest BCUT2D eigenvalue weighted by atomic mass is 35.5. The largest absolute Gasteiger partial charge is 0.494 e. The Hall–Kier alpha value is -2.52. The molecule has 0 N–H and O–H groups in total. The van der Waals surface area contributed by atoms with Crippen molar-refractivity contribution in [1.29, 1.82) is 0 Å².